The van der Waals surface area contributed by atoms with Gasteiger partial charge in [0.2, 0.25) is 5.91 Å². The highest BCUT2D eigenvalue weighted by atomic mass is 35.5. The van der Waals surface area contributed by atoms with E-state index < -0.39 is 17.9 Å². The highest BCUT2D eigenvalue weighted by Crippen LogP contribution is 2.24. The van der Waals surface area contributed by atoms with Crippen LogP contribution in [0.25, 0.3) is 0 Å². The number of hydrogen-bond donors (Lipinski definition) is 3. The molecule has 6 heteroatoms. The molecule has 0 unspecified atom stereocenters. The second kappa shape index (κ2) is 6.54. The molecule has 4 N–H and O–H groups in total. The Labute approximate surface area is 116 Å². The molecule has 104 valence electrons. The lowest BCUT2D eigenvalue weighted by molar-refractivity contribution is -0.118. The maximum atomic E-state index is 11.9. The van der Waals surface area contributed by atoms with Crippen molar-refractivity contribution in [3.63, 3.8) is 0 Å². The summed E-state index contributed by atoms with van der Waals surface area (Å²) in [4.78, 5) is 23.0. The number of nitrogens with two attached hydrogens (primary N) is 1. The summed E-state index contributed by atoms with van der Waals surface area (Å²) in [7, 11) is 0. The van der Waals surface area contributed by atoms with Gasteiger partial charge in [-0.1, -0.05) is 37.9 Å². The van der Waals surface area contributed by atoms with E-state index in [2.05, 4.69) is 5.32 Å². The third-order valence-electron chi connectivity index (χ3n) is 3.05. The molecule has 0 aromatic heterocycles. The van der Waals surface area contributed by atoms with Crippen molar-refractivity contribution in [2.45, 2.75) is 26.3 Å². The predicted molar refractivity (Wildman–Crippen MR) is 74.5 cm³/mol. The summed E-state index contributed by atoms with van der Waals surface area (Å²) in [6.45, 7) is 3.79. The first-order chi connectivity index (χ1) is 8.88. The van der Waals surface area contributed by atoms with Crippen LogP contribution >= 0.6 is 11.6 Å². The van der Waals surface area contributed by atoms with Crippen molar-refractivity contribution >= 4 is 29.2 Å². The lowest BCUT2D eigenvalue weighted by Gasteiger charge is -2.18. The van der Waals surface area contributed by atoms with Crippen LogP contribution in [0.3, 0.4) is 0 Å². The molecule has 0 aliphatic carbocycles. The lowest BCUT2D eigenvalue weighted by Crippen LogP contribution is -2.40. The minimum absolute atomic E-state index is 0.00691. The molecule has 5 nitrogen and oxygen atoms in total. The van der Waals surface area contributed by atoms with Crippen molar-refractivity contribution in [1.29, 1.82) is 0 Å². The summed E-state index contributed by atoms with van der Waals surface area (Å²) in [5, 5.41) is 11.7. The summed E-state index contributed by atoms with van der Waals surface area (Å²) >= 11 is 5.81. The molecule has 1 rings (SSSR count). The number of carbonyl (C=O) groups is 2. The Morgan fingerprint density at radius 3 is 2.63 bits per heavy atom. The van der Waals surface area contributed by atoms with Gasteiger partial charge >= 0.3 is 5.97 Å². The number of halogens is 1. The van der Waals surface area contributed by atoms with Crippen LogP contribution in [0.1, 0.15) is 30.6 Å². The normalized spacial score (nSPS) is 13.7. The van der Waals surface area contributed by atoms with Gasteiger partial charge < -0.3 is 16.2 Å². The number of hydrogen-bond acceptors (Lipinski definition) is 3. The smallest absolute Gasteiger partial charge is 0.339 e. The van der Waals surface area contributed by atoms with Gasteiger partial charge in [0.25, 0.3) is 0 Å². The van der Waals surface area contributed by atoms with Crippen LogP contribution < -0.4 is 11.1 Å². The van der Waals surface area contributed by atoms with E-state index in [0.29, 0.717) is 0 Å². The number of anilines is 1. The first-order valence-corrected chi connectivity index (χ1v) is 6.34. The largest absolute Gasteiger partial charge is 0.478 e. The third kappa shape index (κ3) is 3.68. The Kier molecular flexibility index (Phi) is 5.32. The van der Waals surface area contributed by atoms with Crippen LogP contribution in [-0.2, 0) is 4.79 Å². The number of carboxylic acids is 1. The van der Waals surface area contributed by atoms with Crippen molar-refractivity contribution in [2.75, 3.05) is 5.32 Å². The average molecular weight is 285 g/mol. The molecular weight excluding hydrogens is 268 g/mol. The summed E-state index contributed by atoms with van der Waals surface area (Å²) in [6, 6.07) is 3.82. The van der Waals surface area contributed by atoms with Gasteiger partial charge in [0, 0.05) is 0 Å². The molecule has 1 aromatic rings. The van der Waals surface area contributed by atoms with Gasteiger partial charge in [-0.25, -0.2) is 4.79 Å². The molecule has 0 radical (unpaired) electrons. The van der Waals surface area contributed by atoms with Gasteiger partial charge in [-0.2, -0.15) is 0 Å². The Balaban J connectivity index is 2.97. The van der Waals surface area contributed by atoms with E-state index in [-0.39, 0.29) is 22.2 Å². The van der Waals surface area contributed by atoms with Crippen molar-refractivity contribution in [1.82, 2.24) is 0 Å². The van der Waals surface area contributed by atoms with Crippen LogP contribution in [0, 0.1) is 5.92 Å². The molecule has 1 amide bonds. The lowest BCUT2D eigenvalue weighted by atomic mass is 9.99. The van der Waals surface area contributed by atoms with Gasteiger partial charge in [0.05, 0.1) is 16.8 Å². The minimum atomic E-state index is -1.20. The Bertz CT molecular complexity index is 491. The number of carbonyl (C=O) groups excluding carboxylic acids is 1. The second-order valence-electron chi connectivity index (χ2n) is 4.37. The molecule has 0 spiro atoms. The number of benzene rings is 1. The Morgan fingerprint density at radius 1 is 1.47 bits per heavy atom. The highest BCUT2D eigenvalue weighted by molar-refractivity contribution is 6.34. The van der Waals surface area contributed by atoms with Crippen LogP contribution in [-0.4, -0.2) is 23.0 Å². The molecule has 0 saturated heterocycles. The summed E-state index contributed by atoms with van der Waals surface area (Å²) in [5.41, 5.74) is 5.82. The van der Waals surface area contributed by atoms with Crippen LogP contribution in [0.15, 0.2) is 18.2 Å². The van der Waals surface area contributed by atoms with Crippen LogP contribution in [0.4, 0.5) is 5.69 Å². The molecular formula is C13H17ClN2O3. The van der Waals surface area contributed by atoms with Gasteiger partial charge in [-0.15, -0.1) is 0 Å². The maximum Gasteiger partial charge on any atom is 0.339 e. The zero-order valence-corrected chi connectivity index (χ0v) is 11.6. The van der Waals surface area contributed by atoms with E-state index >= 15 is 0 Å². The fourth-order valence-corrected chi connectivity index (χ4v) is 1.83. The molecule has 19 heavy (non-hydrogen) atoms. The third-order valence-corrected chi connectivity index (χ3v) is 3.36. The standard InChI is InChI=1S/C13H17ClN2O3/c1-3-7(2)11(15)12(17)16-9-6-4-5-8(14)10(9)13(18)19/h4-7,11H,3,15H2,1-2H3,(H,16,17)(H,18,19)/t7-,11-/m0/s1. The minimum Gasteiger partial charge on any atom is -0.478 e. The van der Waals surface area contributed by atoms with Gasteiger partial charge in [0.1, 0.15) is 5.56 Å². The molecule has 0 bridgehead atoms. The molecule has 0 fully saturated rings. The van der Waals surface area contributed by atoms with Crippen molar-refractivity contribution < 1.29 is 14.7 Å². The summed E-state index contributed by atoms with van der Waals surface area (Å²) in [6.07, 6.45) is 0.760. The fraction of sp³-hybridized carbons (Fsp3) is 0.385. The Hall–Kier alpha value is -1.59. The molecule has 0 saturated carbocycles. The maximum absolute atomic E-state index is 11.9. The first-order valence-electron chi connectivity index (χ1n) is 5.96. The number of nitrogens with one attached hydrogen (secondary N) is 1. The zero-order valence-electron chi connectivity index (χ0n) is 10.8. The van der Waals surface area contributed by atoms with Crippen molar-refractivity contribution in [3.8, 4) is 0 Å². The van der Waals surface area contributed by atoms with Crippen molar-refractivity contribution in [3.05, 3.63) is 28.8 Å². The van der Waals surface area contributed by atoms with Crippen LogP contribution in [0.5, 0.6) is 0 Å². The molecule has 0 heterocycles. The number of amides is 1. The van der Waals surface area contributed by atoms with Crippen molar-refractivity contribution in [2.24, 2.45) is 11.7 Å². The SMILES string of the molecule is CC[C@H](C)[C@H](N)C(=O)Nc1cccc(Cl)c1C(=O)O. The topological polar surface area (TPSA) is 92.4 Å². The molecule has 0 aliphatic rings. The van der Waals surface area contributed by atoms with E-state index in [1.807, 2.05) is 13.8 Å². The van der Waals surface area contributed by atoms with E-state index in [1.165, 1.54) is 12.1 Å². The monoisotopic (exact) mass is 284 g/mol. The fourth-order valence-electron chi connectivity index (χ4n) is 1.57. The second-order valence-corrected chi connectivity index (χ2v) is 4.78. The number of aromatic carboxylic acids is 1. The predicted octanol–water partition coefficient (Wildman–Crippen LogP) is 2.35. The molecule has 0 aliphatic heterocycles. The average Bonchev–Trinajstić information content (AvgIpc) is 2.36. The van der Waals surface area contributed by atoms with Gasteiger partial charge in [0.15, 0.2) is 0 Å². The molecule has 2 atom stereocenters. The summed E-state index contributed by atoms with van der Waals surface area (Å²) < 4.78 is 0. The molecule has 1 aromatic carbocycles. The van der Waals surface area contributed by atoms with E-state index in [1.54, 1.807) is 6.07 Å². The Morgan fingerprint density at radius 2 is 2.11 bits per heavy atom. The van der Waals surface area contributed by atoms with E-state index in [4.69, 9.17) is 22.4 Å². The number of carboxylic acid groups (broad SMARTS) is 1. The van der Waals surface area contributed by atoms with E-state index in [0.717, 1.165) is 6.42 Å². The van der Waals surface area contributed by atoms with E-state index in [9.17, 15) is 9.59 Å². The zero-order chi connectivity index (χ0) is 14.6. The van der Waals surface area contributed by atoms with Gasteiger partial charge in [-0.3, -0.25) is 4.79 Å². The first kappa shape index (κ1) is 15.5. The number of rotatable bonds is 5. The quantitative estimate of drug-likeness (QED) is 0.774. The van der Waals surface area contributed by atoms with Crippen LogP contribution in [0.2, 0.25) is 5.02 Å². The summed E-state index contributed by atoms with van der Waals surface area (Å²) in [5.74, 6) is -1.61. The van der Waals surface area contributed by atoms with Gasteiger partial charge in [-0.05, 0) is 18.1 Å². The highest BCUT2D eigenvalue weighted by Gasteiger charge is 2.22.